The van der Waals surface area contributed by atoms with Gasteiger partial charge in [-0.15, -0.1) is 5.10 Å². The molecule has 0 spiro atoms. The molecule has 0 saturated heterocycles. The molecule has 0 bridgehead atoms. The van der Waals surface area contributed by atoms with Crippen molar-refractivity contribution in [1.82, 2.24) is 15.4 Å². The van der Waals surface area contributed by atoms with Gasteiger partial charge in [-0.1, -0.05) is 5.21 Å². The van der Waals surface area contributed by atoms with Crippen molar-refractivity contribution in [2.45, 2.75) is 12.8 Å². The summed E-state index contributed by atoms with van der Waals surface area (Å²) in [5, 5.41) is 8.46. The number of halogens is 2. The largest absolute Gasteiger partial charge is 0.290 e. The van der Waals surface area contributed by atoms with Gasteiger partial charge in [0, 0.05) is 6.92 Å². The summed E-state index contributed by atoms with van der Waals surface area (Å²) in [7, 11) is 0. The summed E-state index contributed by atoms with van der Waals surface area (Å²) in [4.78, 5) is 0. The minimum absolute atomic E-state index is 0.331. The fourth-order valence-corrected chi connectivity index (χ4v) is 0.416. The Kier molecular flexibility index (Phi) is 1.19. The molecule has 0 aliphatic rings. The summed E-state index contributed by atoms with van der Waals surface area (Å²) < 4.78 is 24.3. The van der Waals surface area contributed by atoms with Gasteiger partial charge in [-0.05, 0) is 0 Å². The summed E-state index contributed by atoms with van der Waals surface area (Å²) in [5.41, 5.74) is -0.331. The van der Waals surface area contributed by atoms with Crippen molar-refractivity contribution in [3.05, 3.63) is 11.9 Å². The van der Waals surface area contributed by atoms with E-state index in [-0.39, 0.29) is 5.69 Å². The van der Waals surface area contributed by atoms with Gasteiger partial charge in [-0.2, -0.15) is 8.78 Å². The molecule has 0 aromatic carbocycles. The molecule has 0 unspecified atom stereocenters. The quantitative estimate of drug-likeness (QED) is 0.618. The van der Waals surface area contributed by atoms with E-state index in [0.717, 1.165) is 13.1 Å². The zero-order valence-corrected chi connectivity index (χ0v) is 4.73. The number of nitrogens with one attached hydrogen (secondary N) is 1. The number of hydrogen-bond acceptors (Lipinski definition) is 2. The van der Waals surface area contributed by atoms with Crippen LogP contribution in [0, 0.1) is 0 Å². The van der Waals surface area contributed by atoms with Crippen molar-refractivity contribution in [2.24, 2.45) is 0 Å². The lowest BCUT2D eigenvalue weighted by atomic mass is 10.3. The topological polar surface area (TPSA) is 41.6 Å². The molecule has 0 atom stereocenters. The second-order valence-electron chi connectivity index (χ2n) is 1.75. The lowest BCUT2D eigenvalue weighted by Crippen LogP contribution is -2.06. The number of nitrogens with zero attached hydrogens (tertiary/aromatic N) is 2. The predicted octanol–water partition coefficient (Wildman–Crippen LogP) is 0.916. The van der Waals surface area contributed by atoms with Gasteiger partial charge in [-0.25, -0.2) is 0 Å². The van der Waals surface area contributed by atoms with Gasteiger partial charge in [0.2, 0.25) is 0 Å². The minimum Gasteiger partial charge on any atom is -0.265 e. The normalized spacial score (nSPS) is 11.9. The molecular weight excluding hydrogens is 128 g/mol. The van der Waals surface area contributed by atoms with Crippen molar-refractivity contribution in [1.29, 1.82) is 0 Å². The maximum Gasteiger partial charge on any atom is 0.290 e. The van der Waals surface area contributed by atoms with Crippen molar-refractivity contribution in [2.75, 3.05) is 0 Å². The Bertz CT molecular complexity index is 176. The van der Waals surface area contributed by atoms with Crippen LogP contribution in [0.4, 0.5) is 8.78 Å². The zero-order chi connectivity index (χ0) is 6.91. The van der Waals surface area contributed by atoms with Crippen molar-refractivity contribution < 1.29 is 8.78 Å². The van der Waals surface area contributed by atoms with E-state index in [9.17, 15) is 8.78 Å². The second kappa shape index (κ2) is 1.75. The fourth-order valence-electron chi connectivity index (χ4n) is 0.416. The van der Waals surface area contributed by atoms with E-state index in [1.807, 2.05) is 0 Å². The molecule has 1 aromatic rings. The van der Waals surface area contributed by atoms with E-state index in [1.54, 1.807) is 0 Å². The van der Waals surface area contributed by atoms with Crippen LogP contribution < -0.4 is 0 Å². The predicted molar refractivity (Wildman–Crippen MR) is 26.0 cm³/mol. The first-order valence-corrected chi connectivity index (χ1v) is 2.35. The van der Waals surface area contributed by atoms with E-state index in [1.165, 1.54) is 0 Å². The van der Waals surface area contributed by atoms with Crippen LogP contribution >= 0.6 is 0 Å². The third-order valence-electron chi connectivity index (χ3n) is 0.867. The van der Waals surface area contributed by atoms with Crippen LogP contribution in [0.1, 0.15) is 12.6 Å². The Morgan fingerprint density at radius 1 is 1.67 bits per heavy atom. The van der Waals surface area contributed by atoms with Crippen LogP contribution in [0.3, 0.4) is 0 Å². The maximum atomic E-state index is 12.2. The first kappa shape index (κ1) is 6.12. The van der Waals surface area contributed by atoms with Crippen LogP contribution in [-0.4, -0.2) is 15.4 Å². The Balaban J connectivity index is 2.90. The lowest BCUT2D eigenvalue weighted by Gasteiger charge is -2.02. The molecule has 1 N–H and O–H groups in total. The third-order valence-corrected chi connectivity index (χ3v) is 0.867. The van der Waals surface area contributed by atoms with E-state index in [4.69, 9.17) is 0 Å². The molecule has 0 radical (unpaired) electrons. The summed E-state index contributed by atoms with van der Waals surface area (Å²) in [6.45, 7) is 0.769. The Labute approximate surface area is 50.1 Å². The highest BCUT2D eigenvalue weighted by Gasteiger charge is 2.26. The highest BCUT2D eigenvalue weighted by Crippen LogP contribution is 2.22. The second-order valence-corrected chi connectivity index (χ2v) is 1.75. The summed E-state index contributed by atoms with van der Waals surface area (Å²) in [5.74, 6) is -2.88. The lowest BCUT2D eigenvalue weighted by molar-refractivity contribution is 0.0127. The molecule has 1 rings (SSSR count). The maximum absolute atomic E-state index is 12.2. The van der Waals surface area contributed by atoms with E-state index in [2.05, 4.69) is 15.4 Å². The summed E-state index contributed by atoms with van der Waals surface area (Å²) in [6.07, 6.45) is 1.07. The van der Waals surface area contributed by atoms with Crippen LogP contribution in [0.25, 0.3) is 0 Å². The van der Waals surface area contributed by atoms with Crippen LogP contribution in [0.5, 0.6) is 0 Å². The monoisotopic (exact) mass is 133 g/mol. The zero-order valence-electron chi connectivity index (χ0n) is 4.73. The van der Waals surface area contributed by atoms with Crippen molar-refractivity contribution >= 4 is 0 Å². The van der Waals surface area contributed by atoms with Crippen molar-refractivity contribution in [3.8, 4) is 0 Å². The van der Waals surface area contributed by atoms with Gasteiger partial charge in [0.25, 0.3) is 5.92 Å². The number of aromatic amines is 1. The van der Waals surface area contributed by atoms with Crippen molar-refractivity contribution in [3.63, 3.8) is 0 Å². The molecule has 5 heteroatoms. The number of H-pyrrole nitrogens is 1. The third kappa shape index (κ3) is 1.22. The average molecular weight is 133 g/mol. The van der Waals surface area contributed by atoms with Gasteiger partial charge in [0.15, 0.2) is 5.69 Å². The van der Waals surface area contributed by atoms with Gasteiger partial charge >= 0.3 is 0 Å². The Hall–Kier alpha value is -1.00. The van der Waals surface area contributed by atoms with Crippen LogP contribution in [0.15, 0.2) is 6.20 Å². The first-order chi connectivity index (χ1) is 4.11. The number of aromatic nitrogens is 3. The molecule has 1 aromatic heterocycles. The molecule has 0 saturated carbocycles. The molecular formula is C4H5F2N3. The molecule has 0 aliphatic carbocycles. The minimum atomic E-state index is -2.88. The highest BCUT2D eigenvalue weighted by molar-refractivity contribution is 4.98. The standard InChI is InChI=1S/C4H5F2N3/c1-4(5,6)3-2-7-9-8-3/h2H,1H3,(H,7,8,9). The highest BCUT2D eigenvalue weighted by atomic mass is 19.3. The van der Waals surface area contributed by atoms with Gasteiger partial charge in [0.05, 0.1) is 6.20 Å². The number of alkyl halides is 2. The van der Waals surface area contributed by atoms with Gasteiger partial charge < -0.3 is 0 Å². The molecule has 1 heterocycles. The molecule has 0 fully saturated rings. The molecule has 0 amide bonds. The smallest absolute Gasteiger partial charge is 0.265 e. The van der Waals surface area contributed by atoms with E-state index < -0.39 is 5.92 Å². The first-order valence-electron chi connectivity index (χ1n) is 2.35. The summed E-state index contributed by atoms with van der Waals surface area (Å²) >= 11 is 0. The fraction of sp³-hybridized carbons (Fsp3) is 0.500. The molecule has 3 nitrogen and oxygen atoms in total. The number of rotatable bonds is 1. The van der Waals surface area contributed by atoms with Crippen LogP contribution in [0.2, 0.25) is 0 Å². The van der Waals surface area contributed by atoms with Gasteiger partial charge in [-0.3, -0.25) is 5.10 Å². The Morgan fingerprint density at radius 3 is 2.56 bits per heavy atom. The Morgan fingerprint density at radius 2 is 2.33 bits per heavy atom. The molecule has 0 aliphatic heterocycles. The summed E-state index contributed by atoms with van der Waals surface area (Å²) in [6, 6.07) is 0. The molecule has 50 valence electrons. The van der Waals surface area contributed by atoms with E-state index in [0.29, 0.717) is 0 Å². The van der Waals surface area contributed by atoms with Gasteiger partial charge in [0.1, 0.15) is 0 Å². The number of hydrogen-bond donors (Lipinski definition) is 1. The molecule has 9 heavy (non-hydrogen) atoms. The van der Waals surface area contributed by atoms with Crippen LogP contribution in [-0.2, 0) is 5.92 Å². The van der Waals surface area contributed by atoms with E-state index >= 15 is 0 Å². The SMILES string of the molecule is CC(F)(F)c1c[nH]nn1. The average Bonchev–Trinajstić information content (AvgIpc) is 2.08.